The van der Waals surface area contributed by atoms with E-state index < -0.39 is 0 Å². The Morgan fingerprint density at radius 3 is 2.42 bits per heavy atom. The summed E-state index contributed by atoms with van der Waals surface area (Å²) in [4.78, 5) is 18.8. The maximum absolute atomic E-state index is 12.2. The smallest absolute Gasteiger partial charge is 0.226 e. The van der Waals surface area contributed by atoms with Gasteiger partial charge in [0.2, 0.25) is 5.91 Å². The number of benzene rings is 2. The Kier molecular flexibility index (Phi) is 5.68. The second kappa shape index (κ2) is 8.15. The Morgan fingerprint density at radius 1 is 1.08 bits per heavy atom. The highest BCUT2D eigenvalue weighted by Gasteiger charge is 2.09. The Labute approximate surface area is 158 Å². The molecule has 1 N–H and O–H groups in total. The van der Waals surface area contributed by atoms with E-state index in [0.29, 0.717) is 13.0 Å². The van der Waals surface area contributed by atoms with Crippen molar-refractivity contribution in [2.75, 3.05) is 19.0 Å². The van der Waals surface area contributed by atoms with Crippen molar-refractivity contribution in [3.63, 3.8) is 0 Å². The van der Waals surface area contributed by atoms with Gasteiger partial charge < -0.3 is 10.2 Å². The quantitative estimate of drug-likeness (QED) is 0.717. The summed E-state index contributed by atoms with van der Waals surface area (Å²) >= 11 is 1.57. The topological polar surface area (TPSA) is 45.2 Å². The van der Waals surface area contributed by atoms with E-state index >= 15 is 0 Å². The van der Waals surface area contributed by atoms with Gasteiger partial charge in [-0.3, -0.25) is 4.79 Å². The van der Waals surface area contributed by atoms with Crippen molar-refractivity contribution in [1.82, 2.24) is 10.3 Å². The van der Waals surface area contributed by atoms with E-state index in [-0.39, 0.29) is 5.91 Å². The molecule has 134 valence electrons. The molecule has 0 radical (unpaired) electrons. The van der Waals surface area contributed by atoms with Crippen LogP contribution in [0.1, 0.15) is 16.8 Å². The number of carbonyl (C=O) groups is 1. The summed E-state index contributed by atoms with van der Waals surface area (Å²) in [6, 6.07) is 16.5. The summed E-state index contributed by atoms with van der Waals surface area (Å²) in [5.74, 6) is -0.0116. The second-order valence-electron chi connectivity index (χ2n) is 6.52. The molecule has 2 aromatic carbocycles. The molecule has 26 heavy (non-hydrogen) atoms. The van der Waals surface area contributed by atoms with Crippen LogP contribution >= 0.6 is 11.3 Å². The van der Waals surface area contributed by atoms with Crippen molar-refractivity contribution in [2.45, 2.75) is 19.9 Å². The van der Waals surface area contributed by atoms with Gasteiger partial charge >= 0.3 is 0 Å². The highest BCUT2D eigenvalue weighted by atomic mass is 32.1. The van der Waals surface area contributed by atoms with E-state index in [4.69, 9.17) is 0 Å². The molecule has 0 saturated carbocycles. The highest BCUT2D eigenvalue weighted by molar-refractivity contribution is 7.13. The number of anilines is 1. The molecule has 0 saturated heterocycles. The molecule has 0 atom stereocenters. The Morgan fingerprint density at radius 2 is 1.77 bits per heavy atom. The fourth-order valence-corrected chi connectivity index (χ4v) is 3.38. The molecule has 1 amide bonds. The van der Waals surface area contributed by atoms with E-state index in [1.165, 1.54) is 5.56 Å². The lowest BCUT2D eigenvalue weighted by molar-refractivity contribution is -0.120. The van der Waals surface area contributed by atoms with Crippen LogP contribution in [0, 0.1) is 6.92 Å². The number of amides is 1. The monoisotopic (exact) mass is 365 g/mol. The van der Waals surface area contributed by atoms with Crippen LogP contribution in [0.5, 0.6) is 0 Å². The molecule has 0 spiro atoms. The predicted molar refractivity (Wildman–Crippen MR) is 109 cm³/mol. The molecule has 1 aromatic heterocycles. The van der Waals surface area contributed by atoms with Crippen molar-refractivity contribution in [3.05, 3.63) is 70.7 Å². The molecule has 0 fully saturated rings. The van der Waals surface area contributed by atoms with E-state index in [1.54, 1.807) is 11.3 Å². The summed E-state index contributed by atoms with van der Waals surface area (Å²) in [7, 11) is 4.02. The minimum Gasteiger partial charge on any atom is -0.378 e. The fourth-order valence-electron chi connectivity index (χ4n) is 2.56. The zero-order chi connectivity index (χ0) is 18.5. The minimum absolute atomic E-state index is 0.0116. The maximum Gasteiger partial charge on any atom is 0.226 e. The van der Waals surface area contributed by atoms with Crippen LogP contribution in [0.3, 0.4) is 0 Å². The number of aryl methyl sites for hydroxylation is 1. The van der Waals surface area contributed by atoms with Gasteiger partial charge in [0.25, 0.3) is 0 Å². The van der Waals surface area contributed by atoms with Gasteiger partial charge in [0, 0.05) is 37.3 Å². The third kappa shape index (κ3) is 4.70. The largest absolute Gasteiger partial charge is 0.378 e. The molecule has 5 heteroatoms. The SMILES string of the molecule is Cc1ccc(-c2nc(CC(=O)NCc3ccc(N(C)C)cc3)cs2)cc1. The summed E-state index contributed by atoms with van der Waals surface area (Å²) in [5, 5.41) is 5.87. The van der Waals surface area contributed by atoms with Gasteiger partial charge in [-0.05, 0) is 24.6 Å². The molecule has 0 aliphatic rings. The van der Waals surface area contributed by atoms with Gasteiger partial charge in [0.05, 0.1) is 12.1 Å². The number of nitrogens with zero attached hydrogens (tertiary/aromatic N) is 2. The third-order valence-electron chi connectivity index (χ3n) is 4.13. The van der Waals surface area contributed by atoms with E-state index in [1.807, 2.05) is 31.6 Å². The summed E-state index contributed by atoms with van der Waals surface area (Å²) in [5.41, 5.74) is 5.36. The second-order valence-corrected chi connectivity index (χ2v) is 7.38. The third-order valence-corrected chi connectivity index (χ3v) is 5.07. The molecular weight excluding hydrogens is 342 g/mol. The lowest BCUT2D eigenvalue weighted by atomic mass is 10.2. The van der Waals surface area contributed by atoms with Crippen molar-refractivity contribution in [1.29, 1.82) is 0 Å². The maximum atomic E-state index is 12.2. The van der Waals surface area contributed by atoms with Gasteiger partial charge in [0.1, 0.15) is 5.01 Å². The molecule has 0 aliphatic carbocycles. The molecule has 3 aromatic rings. The van der Waals surface area contributed by atoms with E-state index in [9.17, 15) is 4.79 Å². The minimum atomic E-state index is -0.0116. The number of nitrogens with one attached hydrogen (secondary N) is 1. The Bertz CT molecular complexity index is 867. The normalized spacial score (nSPS) is 10.6. The van der Waals surface area contributed by atoms with Gasteiger partial charge in [-0.25, -0.2) is 4.98 Å². The van der Waals surface area contributed by atoms with Gasteiger partial charge in [-0.2, -0.15) is 0 Å². The van der Waals surface area contributed by atoms with Crippen molar-refractivity contribution in [3.8, 4) is 10.6 Å². The summed E-state index contributed by atoms with van der Waals surface area (Å²) in [6.45, 7) is 2.59. The van der Waals surface area contributed by atoms with Crippen LogP contribution < -0.4 is 10.2 Å². The first kappa shape index (κ1) is 18.1. The molecule has 0 aliphatic heterocycles. The first-order valence-electron chi connectivity index (χ1n) is 8.55. The van der Waals surface area contributed by atoms with Crippen molar-refractivity contribution < 1.29 is 4.79 Å². The van der Waals surface area contributed by atoms with Crippen LogP contribution in [-0.4, -0.2) is 25.0 Å². The lowest BCUT2D eigenvalue weighted by Crippen LogP contribution is -2.24. The number of hydrogen-bond donors (Lipinski definition) is 1. The fraction of sp³-hybridized carbons (Fsp3) is 0.238. The summed E-state index contributed by atoms with van der Waals surface area (Å²) < 4.78 is 0. The standard InChI is InChI=1S/C21H23N3OS/c1-15-4-8-17(9-5-15)21-23-18(14-26-21)12-20(25)22-13-16-6-10-19(11-7-16)24(2)3/h4-11,14H,12-13H2,1-3H3,(H,22,25). The van der Waals surface area contributed by atoms with Gasteiger partial charge in [0.15, 0.2) is 0 Å². The zero-order valence-electron chi connectivity index (χ0n) is 15.3. The van der Waals surface area contributed by atoms with Gasteiger partial charge in [-0.15, -0.1) is 11.3 Å². The zero-order valence-corrected chi connectivity index (χ0v) is 16.1. The van der Waals surface area contributed by atoms with Crippen LogP contribution in [0.15, 0.2) is 53.9 Å². The van der Waals surface area contributed by atoms with Crippen molar-refractivity contribution >= 4 is 22.9 Å². The first-order valence-corrected chi connectivity index (χ1v) is 9.43. The molecule has 3 rings (SSSR count). The molecule has 4 nitrogen and oxygen atoms in total. The van der Waals surface area contributed by atoms with Gasteiger partial charge in [-0.1, -0.05) is 42.0 Å². The molecule has 0 unspecified atom stereocenters. The lowest BCUT2D eigenvalue weighted by Gasteiger charge is -2.12. The molecular formula is C21H23N3OS. The van der Waals surface area contributed by atoms with E-state index in [2.05, 4.69) is 58.5 Å². The van der Waals surface area contributed by atoms with E-state index in [0.717, 1.165) is 27.5 Å². The number of aromatic nitrogens is 1. The van der Waals surface area contributed by atoms with Crippen LogP contribution in [0.4, 0.5) is 5.69 Å². The number of hydrogen-bond acceptors (Lipinski definition) is 4. The van der Waals surface area contributed by atoms with Crippen molar-refractivity contribution in [2.24, 2.45) is 0 Å². The Hall–Kier alpha value is -2.66. The first-order chi connectivity index (χ1) is 12.5. The molecule has 0 bridgehead atoms. The predicted octanol–water partition coefficient (Wildman–Crippen LogP) is 4.04. The average molecular weight is 366 g/mol. The molecule has 1 heterocycles. The average Bonchev–Trinajstić information content (AvgIpc) is 3.09. The number of thiazole rings is 1. The van der Waals surface area contributed by atoms with Crippen LogP contribution in [-0.2, 0) is 17.8 Å². The summed E-state index contributed by atoms with van der Waals surface area (Å²) in [6.07, 6.45) is 0.304. The van der Waals surface area contributed by atoms with Crippen LogP contribution in [0.25, 0.3) is 10.6 Å². The highest BCUT2D eigenvalue weighted by Crippen LogP contribution is 2.24. The Balaban J connectivity index is 1.54. The van der Waals surface area contributed by atoms with Crippen LogP contribution in [0.2, 0.25) is 0 Å². The number of carbonyl (C=O) groups excluding carboxylic acids is 1. The number of rotatable bonds is 6.